The standard InChI is InChI=1S/C29H37N5O3/c1-4-12-33(13-5-2)29(36)23-16-22-17-26(37-3)24(19-25(22)31-27(18-23)32-30)20-8-10-21(11-9-20)28(35)34-14-6-7-15-34/h8-11,16-17,19H,4-7,12-15,18,30H2,1-3H3,(H,31,32). The van der Waals surface area contributed by atoms with Crippen LogP contribution >= 0.6 is 0 Å². The lowest BCUT2D eigenvalue weighted by Gasteiger charge is -2.23. The maximum absolute atomic E-state index is 13.4. The van der Waals surface area contributed by atoms with Crippen molar-refractivity contribution in [3.63, 3.8) is 0 Å². The van der Waals surface area contributed by atoms with E-state index < -0.39 is 0 Å². The molecule has 37 heavy (non-hydrogen) atoms. The summed E-state index contributed by atoms with van der Waals surface area (Å²) in [5.41, 5.74) is 7.24. The van der Waals surface area contributed by atoms with Gasteiger partial charge in [0.15, 0.2) is 0 Å². The Labute approximate surface area is 219 Å². The maximum atomic E-state index is 13.4. The number of rotatable bonds is 8. The molecule has 0 unspecified atom stereocenters. The second kappa shape index (κ2) is 12.1. The molecule has 0 aliphatic carbocycles. The highest BCUT2D eigenvalue weighted by Gasteiger charge is 2.23. The summed E-state index contributed by atoms with van der Waals surface area (Å²) >= 11 is 0. The first kappa shape index (κ1) is 26.4. The van der Waals surface area contributed by atoms with E-state index in [9.17, 15) is 9.59 Å². The smallest absolute Gasteiger partial charge is 0.253 e. The average molecular weight is 504 g/mol. The number of likely N-dealkylation sites (tertiary alicyclic amines) is 1. The molecule has 0 bridgehead atoms. The number of aliphatic imine (C=N–C) groups is 1. The fourth-order valence-corrected chi connectivity index (χ4v) is 4.97. The Morgan fingerprint density at radius 2 is 1.76 bits per heavy atom. The first-order valence-corrected chi connectivity index (χ1v) is 13.1. The maximum Gasteiger partial charge on any atom is 0.253 e. The Kier molecular flexibility index (Phi) is 8.61. The van der Waals surface area contributed by atoms with Crippen molar-refractivity contribution in [3.05, 3.63) is 53.1 Å². The number of carbonyl (C=O) groups excluding carboxylic acids is 2. The van der Waals surface area contributed by atoms with Gasteiger partial charge in [-0.2, -0.15) is 0 Å². The van der Waals surface area contributed by atoms with E-state index in [4.69, 9.17) is 15.6 Å². The number of nitrogens with zero attached hydrogens (tertiary/aromatic N) is 3. The van der Waals surface area contributed by atoms with Gasteiger partial charge in [-0.05, 0) is 61.6 Å². The zero-order valence-corrected chi connectivity index (χ0v) is 22.0. The number of benzene rings is 2. The first-order valence-electron chi connectivity index (χ1n) is 13.1. The topological polar surface area (TPSA) is 100 Å². The molecular weight excluding hydrogens is 466 g/mol. The molecule has 8 nitrogen and oxygen atoms in total. The van der Waals surface area contributed by atoms with Gasteiger partial charge in [0, 0.05) is 54.9 Å². The highest BCUT2D eigenvalue weighted by Crippen LogP contribution is 2.39. The number of fused-ring (bicyclic) bond motifs is 1. The van der Waals surface area contributed by atoms with Crippen molar-refractivity contribution in [3.8, 4) is 16.9 Å². The van der Waals surface area contributed by atoms with E-state index in [0.29, 0.717) is 47.9 Å². The molecule has 1 saturated heterocycles. The van der Waals surface area contributed by atoms with Gasteiger partial charge in [0.05, 0.1) is 12.8 Å². The van der Waals surface area contributed by atoms with Crippen LogP contribution in [0.3, 0.4) is 0 Å². The van der Waals surface area contributed by atoms with Gasteiger partial charge in [0.2, 0.25) is 5.91 Å². The van der Waals surface area contributed by atoms with Crippen LogP contribution in [-0.4, -0.2) is 60.7 Å². The first-order chi connectivity index (χ1) is 18.0. The number of nitrogens with two attached hydrogens (primary N) is 1. The van der Waals surface area contributed by atoms with Crippen molar-refractivity contribution < 1.29 is 14.3 Å². The highest BCUT2D eigenvalue weighted by atomic mass is 16.5. The zero-order valence-electron chi connectivity index (χ0n) is 22.0. The van der Waals surface area contributed by atoms with E-state index in [1.54, 1.807) is 7.11 Å². The molecule has 2 aliphatic rings. The van der Waals surface area contributed by atoms with E-state index in [2.05, 4.69) is 19.3 Å². The number of amidine groups is 1. The van der Waals surface area contributed by atoms with Crippen LogP contribution in [0.15, 0.2) is 47.0 Å². The summed E-state index contributed by atoms with van der Waals surface area (Å²) in [7, 11) is 1.63. The number of carbonyl (C=O) groups is 2. The molecule has 2 aromatic rings. The summed E-state index contributed by atoms with van der Waals surface area (Å²) in [5, 5.41) is 0. The molecule has 0 saturated carbocycles. The number of amides is 2. The third-order valence-corrected chi connectivity index (χ3v) is 6.84. The molecule has 2 aromatic carbocycles. The number of nitrogens with one attached hydrogen (secondary N) is 1. The van der Waals surface area contributed by atoms with Gasteiger partial charge in [-0.25, -0.2) is 10.8 Å². The second-order valence-corrected chi connectivity index (χ2v) is 9.53. The van der Waals surface area contributed by atoms with Crippen LogP contribution in [0.4, 0.5) is 5.69 Å². The van der Waals surface area contributed by atoms with Crippen LogP contribution in [0.25, 0.3) is 17.2 Å². The molecule has 8 heteroatoms. The fourth-order valence-electron chi connectivity index (χ4n) is 4.97. The molecule has 0 radical (unpaired) electrons. The van der Waals surface area contributed by atoms with Crippen molar-refractivity contribution in [2.45, 2.75) is 46.0 Å². The number of methoxy groups -OCH3 is 1. The molecule has 2 amide bonds. The Balaban J connectivity index is 1.70. The monoisotopic (exact) mass is 503 g/mol. The Bertz CT molecular complexity index is 1190. The van der Waals surface area contributed by atoms with Crippen molar-refractivity contribution in [1.82, 2.24) is 15.2 Å². The summed E-state index contributed by atoms with van der Waals surface area (Å²) in [4.78, 5) is 34.7. The van der Waals surface area contributed by atoms with E-state index in [-0.39, 0.29) is 11.8 Å². The summed E-state index contributed by atoms with van der Waals surface area (Å²) < 4.78 is 5.75. The minimum Gasteiger partial charge on any atom is -0.496 e. The highest BCUT2D eigenvalue weighted by molar-refractivity contribution is 6.06. The van der Waals surface area contributed by atoms with Crippen LogP contribution in [-0.2, 0) is 4.79 Å². The summed E-state index contributed by atoms with van der Waals surface area (Å²) in [5.74, 6) is 7.06. The van der Waals surface area contributed by atoms with Gasteiger partial charge in [0.1, 0.15) is 11.6 Å². The van der Waals surface area contributed by atoms with Gasteiger partial charge in [-0.1, -0.05) is 26.0 Å². The molecule has 0 spiro atoms. The van der Waals surface area contributed by atoms with Crippen LogP contribution in [0.5, 0.6) is 5.75 Å². The summed E-state index contributed by atoms with van der Waals surface area (Å²) in [6.45, 7) is 7.20. The third-order valence-electron chi connectivity index (χ3n) is 6.84. The lowest BCUT2D eigenvalue weighted by atomic mass is 9.98. The molecule has 1 fully saturated rings. The predicted octanol–water partition coefficient (Wildman–Crippen LogP) is 4.53. The molecule has 196 valence electrons. The summed E-state index contributed by atoms with van der Waals surface area (Å²) in [6, 6.07) is 11.5. The molecular formula is C29H37N5O3. The van der Waals surface area contributed by atoms with E-state index >= 15 is 0 Å². The van der Waals surface area contributed by atoms with E-state index in [1.807, 2.05) is 52.3 Å². The van der Waals surface area contributed by atoms with Gasteiger partial charge >= 0.3 is 0 Å². The van der Waals surface area contributed by atoms with Crippen molar-refractivity contribution in [2.75, 3.05) is 33.3 Å². The van der Waals surface area contributed by atoms with E-state index in [1.165, 1.54) is 0 Å². The zero-order chi connectivity index (χ0) is 26.4. The number of hydrazine groups is 1. The van der Waals surface area contributed by atoms with Crippen LogP contribution in [0, 0.1) is 0 Å². The minimum absolute atomic E-state index is 0.000742. The van der Waals surface area contributed by atoms with Crippen molar-refractivity contribution >= 4 is 29.4 Å². The van der Waals surface area contributed by atoms with Gasteiger partial charge in [-0.15, -0.1) is 0 Å². The Hall–Kier alpha value is -3.65. The third kappa shape index (κ3) is 5.85. The Morgan fingerprint density at radius 1 is 1.08 bits per heavy atom. The number of ether oxygens (including phenoxy) is 1. The van der Waals surface area contributed by atoms with Gasteiger partial charge < -0.3 is 20.0 Å². The SMILES string of the molecule is CCCN(CCC)C(=O)C1=Cc2cc(OC)c(-c3ccc(C(=O)N4CCCC4)cc3)cc2N=C(NN)C1. The molecule has 0 atom stereocenters. The molecule has 4 rings (SSSR count). The normalized spacial score (nSPS) is 14.9. The van der Waals surface area contributed by atoms with Gasteiger partial charge in [-0.3, -0.25) is 9.59 Å². The molecule has 3 N–H and O–H groups in total. The van der Waals surface area contributed by atoms with Crippen molar-refractivity contribution in [2.24, 2.45) is 10.8 Å². The summed E-state index contributed by atoms with van der Waals surface area (Å²) in [6.07, 6.45) is 6.13. The van der Waals surface area contributed by atoms with Crippen LogP contribution in [0.1, 0.15) is 61.9 Å². The largest absolute Gasteiger partial charge is 0.496 e. The minimum atomic E-state index is 0.000742. The lowest BCUT2D eigenvalue weighted by molar-refractivity contribution is -0.127. The quantitative estimate of drug-likeness (QED) is 0.407. The van der Waals surface area contributed by atoms with Crippen molar-refractivity contribution in [1.29, 1.82) is 0 Å². The second-order valence-electron chi connectivity index (χ2n) is 9.53. The lowest BCUT2D eigenvalue weighted by Crippen LogP contribution is -2.36. The molecule has 0 aromatic heterocycles. The van der Waals surface area contributed by atoms with Crippen LogP contribution in [0.2, 0.25) is 0 Å². The fraction of sp³-hybridized carbons (Fsp3) is 0.414. The average Bonchev–Trinajstić information content (AvgIpc) is 3.40. The number of hydrogen-bond acceptors (Lipinski definition) is 6. The van der Waals surface area contributed by atoms with Crippen LogP contribution < -0.4 is 16.0 Å². The Morgan fingerprint density at radius 3 is 2.35 bits per heavy atom. The molecule has 2 aliphatic heterocycles. The molecule has 2 heterocycles. The van der Waals surface area contributed by atoms with Gasteiger partial charge in [0.25, 0.3) is 5.91 Å². The number of hydrogen-bond donors (Lipinski definition) is 2. The van der Waals surface area contributed by atoms with E-state index in [0.717, 1.165) is 55.5 Å². The predicted molar refractivity (Wildman–Crippen MR) is 148 cm³/mol.